The van der Waals surface area contributed by atoms with Crippen LogP contribution in [0.2, 0.25) is 0 Å². The van der Waals surface area contributed by atoms with Crippen LogP contribution in [0.1, 0.15) is 19.8 Å². The lowest BCUT2D eigenvalue weighted by atomic mass is 10.4. The van der Waals surface area contributed by atoms with Gasteiger partial charge in [0.1, 0.15) is 0 Å². The first-order valence-electron chi connectivity index (χ1n) is 3.29. The van der Waals surface area contributed by atoms with E-state index in [1.807, 2.05) is 0 Å². The van der Waals surface area contributed by atoms with E-state index in [0.29, 0.717) is 6.61 Å². The molecule has 9 N–H and O–H groups in total. The highest BCUT2D eigenvalue weighted by Gasteiger charge is 1.93. The molecule has 2 atom stereocenters. The maximum absolute atomic E-state index is 9.44. The molecule has 14 heavy (non-hydrogen) atoms. The molecular formula is C4H20N2O6P2. The maximum Gasteiger partial charge on any atom is 0.323 e. The van der Waals surface area contributed by atoms with Crippen LogP contribution < -0.4 is 12.3 Å². The van der Waals surface area contributed by atoms with Gasteiger partial charge in [-0.25, -0.2) is 4.31 Å². The van der Waals surface area contributed by atoms with E-state index >= 15 is 0 Å². The van der Waals surface area contributed by atoms with Gasteiger partial charge in [-0.1, -0.05) is 13.3 Å². The summed E-state index contributed by atoms with van der Waals surface area (Å²) in [7, 11) is -6.40. The Kier molecular flexibility index (Phi) is 32.1. The van der Waals surface area contributed by atoms with E-state index in [4.69, 9.17) is 14.9 Å². The number of aliphatic hydroxyl groups is 1. The molecule has 0 spiro atoms. The largest absolute Gasteiger partial charge is 0.396 e. The third-order valence-electron chi connectivity index (χ3n) is 0.686. The van der Waals surface area contributed by atoms with E-state index in [0.717, 1.165) is 12.8 Å². The summed E-state index contributed by atoms with van der Waals surface area (Å²) >= 11 is 0. The predicted octanol–water partition coefficient (Wildman–Crippen LogP) is 0.870. The Bertz CT molecular complexity index is 132. The Morgan fingerprint density at radius 3 is 1.50 bits per heavy atom. The molecule has 0 rings (SSSR count). The van der Waals surface area contributed by atoms with Gasteiger partial charge in [0.15, 0.2) is 0 Å². The SMILES string of the molecule is CCCCO.N.N.O=[PH](O)O[PH](=O)O. The van der Waals surface area contributed by atoms with Crippen molar-refractivity contribution in [2.75, 3.05) is 6.61 Å². The summed E-state index contributed by atoms with van der Waals surface area (Å²) in [4.78, 5) is 15.4. The van der Waals surface area contributed by atoms with Crippen molar-refractivity contribution in [3.8, 4) is 0 Å². The van der Waals surface area contributed by atoms with E-state index in [2.05, 4.69) is 11.2 Å². The van der Waals surface area contributed by atoms with E-state index in [-0.39, 0.29) is 12.3 Å². The summed E-state index contributed by atoms with van der Waals surface area (Å²) in [6, 6.07) is 0. The summed E-state index contributed by atoms with van der Waals surface area (Å²) in [5.41, 5.74) is 0. The summed E-state index contributed by atoms with van der Waals surface area (Å²) in [6.07, 6.45) is 2.04. The van der Waals surface area contributed by atoms with Gasteiger partial charge < -0.3 is 27.2 Å². The van der Waals surface area contributed by atoms with Gasteiger partial charge in [0, 0.05) is 6.61 Å². The third kappa shape index (κ3) is 39.8. The number of aliphatic hydroxyl groups excluding tert-OH is 1. The third-order valence-corrected chi connectivity index (χ3v) is 2.08. The fraction of sp³-hybridized carbons (Fsp3) is 1.00. The van der Waals surface area contributed by atoms with Gasteiger partial charge in [-0.2, -0.15) is 0 Å². The molecule has 10 heteroatoms. The molecule has 0 radical (unpaired) electrons. The van der Waals surface area contributed by atoms with Gasteiger partial charge >= 0.3 is 16.5 Å². The number of hydrogen-bond acceptors (Lipinski definition) is 6. The smallest absolute Gasteiger partial charge is 0.323 e. The first-order chi connectivity index (χ1) is 5.54. The average molecular weight is 254 g/mol. The molecule has 0 aliphatic carbocycles. The molecule has 0 aliphatic rings. The highest BCUT2D eigenvalue weighted by Crippen LogP contribution is 2.30. The first-order valence-corrected chi connectivity index (χ1v) is 5.81. The Hall–Kier alpha value is 0.220. The van der Waals surface area contributed by atoms with Gasteiger partial charge in [0.05, 0.1) is 0 Å². The zero-order valence-electron chi connectivity index (χ0n) is 8.10. The molecule has 0 saturated heterocycles. The van der Waals surface area contributed by atoms with Crippen LogP contribution in [0, 0.1) is 0 Å². The second-order valence-corrected chi connectivity index (χ2v) is 3.59. The van der Waals surface area contributed by atoms with Crippen molar-refractivity contribution in [2.24, 2.45) is 0 Å². The van der Waals surface area contributed by atoms with Crippen molar-refractivity contribution < 1.29 is 28.3 Å². The van der Waals surface area contributed by atoms with Gasteiger partial charge in [0.25, 0.3) is 0 Å². The minimum Gasteiger partial charge on any atom is -0.396 e. The van der Waals surface area contributed by atoms with Crippen molar-refractivity contribution in [1.82, 2.24) is 12.3 Å². The monoisotopic (exact) mass is 254 g/mol. The highest BCUT2D eigenvalue weighted by molar-refractivity contribution is 7.46. The average Bonchev–Trinajstić information content (AvgIpc) is 1.87. The van der Waals surface area contributed by atoms with Crippen molar-refractivity contribution in [3.63, 3.8) is 0 Å². The van der Waals surface area contributed by atoms with Crippen molar-refractivity contribution >= 4 is 16.5 Å². The molecule has 0 aromatic rings. The van der Waals surface area contributed by atoms with Gasteiger partial charge in [-0.15, -0.1) is 0 Å². The van der Waals surface area contributed by atoms with Crippen molar-refractivity contribution in [1.29, 1.82) is 0 Å². The van der Waals surface area contributed by atoms with E-state index < -0.39 is 16.5 Å². The Morgan fingerprint density at radius 1 is 1.14 bits per heavy atom. The van der Waals surface area contributed by atoms with Gasteiger partial charge in [-0.3, -0.25) is 9.13 Å². The molecule has 0 saturated carbocycles. The number of hydrogen-bond donors (Lipinski definition) is 5. The van der Waals surface area contributed by atoms with Crippen LogP contribution in [-0.4, -0.2) is 21.5 Å². The van der Waals surface area contributed by atoms with Crippen LogP contribution >= 0.6 is 16.5 Å². The zero-order valence-corrected chi connectivity index (χ0v) is 10.1. The Balaban J connectivity index is -0.0000000651. The normalized spacial score (nSPS) is 12.3. The Morgan fingerprint density at radius 2 is 1.50 bits per heavy atom. The second-order valence-electron chi connectivity index (χ2n) is 1.71. The molecule has 0 aromatic carbocycles. The molecule has 0 bridgehead atoms. The van der Waals surface area contributed by atoms with Crippen LogP contribution in [-0.2, 0) is 13.4 Å². The maximum atomic E-state index is 9.44. The van der Waals surface area contributed by atoms with Crippen LogP contribution in [0.25, 0.3) is 0 Å². The zero-order chi connectivity index (χ0) is 9.98. The molecule has 0 aliphatic heterocycles. The molecule has 0 fully saturated rings. The van der Waals surface area contributed by atoms with Crippen molar-refractivity contribution in [3.05, 3.63) is 0 Å². The lowest BCUT2D eigenvalue weighted by Crippen LogP contribution is -1.75. The topological polar surface area (TPSA) is 174 Å². The first kappa shape index (κ1) is 23.8. The minimum atomic E-state index is -3.20. The summed E-state index contributed by atoms with van der Waals surface area (Å²) in [5.74, 6) is 0. The van der Waals surface area contributed by atoms with Crippen LogP contribution in [0.3, 0.4) is 0 Å². The van der Waals surface area contributed by atoms with Gasteiger partial charge in [0.2, 0.25) is 0 Å². The lowest BCUT2D eigenvalue weighted by Gasteiger charge is -1.86. The molecule has 8 nitrogen and oxygen atoms in total. The van der Waals surface area contributed by atoms with Gasteiger partial charge in [-0.05, 0) is 6.42 Å². The Labute approximate surface area is 84.4 Å². The molecule has 0 amide bonds. The van der Waals surface area contributed by atoms with Crippen LogP contribution in [0.5, 0.6) is 0 Å². The molecule has 2 unspecified atom stereocenters. The predicted molar refractivity (Wildman–Crippen MR) is 55.6 cm³/mol. The van der Waals surface area contributed by atoms with E-state index in [9.17, 15) is 9.13 Å². The molecule has 0 aromatic heterocycles. The van der Waals surface area contributed by atoms with Crippen molar-refractivity contribution in [2.45, 2.75) is 19.8 Å². The summed E-state index contributed by atoms with van der Waals surface area (Å²) in [6.45, 7) is 2.40. The van der Waals surface area contributed by atoms with E-state index in [1.165, 1.54) is 0 Å². The highest BCUT2D eigenvalue weighted by atomic mass is 31.2. The molecular weight excluding hydrogens is 234 g/mol. The minimum absolute atomic E-state index is 0. The quantitative estimate of drug-likeness (QED) is 0.459. The number of unbranched alkanes of at least 4 members (excludes halogenated alkanes) is 1. The fourth-order valence-electron chi connectivity index (χ4n) is 0.233. The summed E-state index contributed by atoms with van der Waals surface area (Å²) in [5, 5.41) is 8.07. The molecule has 92 valence electrons. The van der Waals surface area contributed by atoms with Crippen LogP contribution in [0.15, 0.2) is 0 Å². The standard InChI is InChI=1S/C4H10O.2H3N.H4O5P2/c1-2-3-4-5;;;1-6(2)5-7(3)4/h5H,2-4H2,1H3;2*1H3;6-7H,(H,1,2)(H,3,4). The second kappa shape index (κ2) is 18.9. The molecule has 0 heterocycles. The number of rotatable bonds is 4. The lowest BCUT2D eigenvalue weighted by molar-refractivity contribution is 0.287. The summed E-state index contributed by atoms with van der Waals surface area (Å²) < 4.78 is 22.3. The van der Waals surface area contributed by atoms with Crippen LogP contribution in [0.4, 0.5) is 0 Å². The van der Waals surface area contributed by atoms with E-state index in [1.54, 1.807) is 0 Å². The fourth-order valence-corrected chi connectivity index (χ4v) is 0.830.